The van der Waals surface area contributed by atoms with E-state index in [0.29, 0.717) is 36.6 Å². The van der Waals surface area contributed by atoms with E-state index in [4.69, 9.17) is 14.2 Å². The minimum absolute atomic E-state index is 0.0835. The SMILES string of the molecule is COc1cc(C)c(S(=O)(=O)N2CCOC[C@H]2COCC(=O)N2CCN(Cc3cccnc3)CC2)c(C)c1. The van der Waals surface area contributed by atoms with Gasteiger partial charge in [0.25, 0.3) is 0 Å². The molecule has 2 saturated heterocycles. The number of nitrogens with zero attached hydrogens (tertiary/aromatic N) is 4. The molecule has 0 spiro atoms. The molecule has 2 aliphatic rings. The van der Waals surface area contributed by atoms with Gasteiger partial charge in [0.05, 0.1) is 37.9 Å². The molecule has 202 valence electrons. The van der Waals surface area contributed by atoms with E-state index >= 15 is 0 Å². The summed E-state index contributed by atoms with van der Waals surface area (Å²) in [5, 5.41) is 0. The maximum atomic E-state index is 13.6. The number of aromatic nitrogens is 1. The van der Waals surface area contributed by atoms with Crippen LogP contribution in [0.25, 0.3) is 0 Å². The molecule has 0 saturated carbocycles. The molecule has 2 fully saturated rings. The van der Waals surface area contributed by atoms with Crippen molar-refractivity contribution in [2.45, 2.75) is 31.3 Å². The number of carbonyl (C=O) groups excluding carboxylic acids is 1. The number of hydrogen-bond donors (Lipinski definition) is 0. The van der Waals surface area contributed by atoms with Crippen LogP contribution in [-0.2, 0) is 30.8 Å². The largest absolute Gasteiger partial charge is 0.497 e. The van der Waals surface area contributed by atoms with Crippen LogP contribution in [0.1, 0.15) is 16.7 Å². The van der Waals surface area contributed by atoms with Crippen molar-refractivity contribution in [1.82, 2.24) is 19.1 Å². The third kappa shape index (κ3) is 6.66. The van der Waals surface area contributed by atoms with E-state index in [2.05, 4.69) is 9.88 Å². The number of hydrogen-bond acceptors (Lipinski definition) is 8. The quantitative estimate of drug-likeness (QED) is 0.479. The molecule has 4 rings (SSSR count). The lowest BCUT2D eigenvalue weighted by Gasteiger charge is -2.36. The molecule has 11 heteroatoms. The molecular formula is C26H36N4O6S. The first-order valence-electron chi connectivity index (χ1n) is 12.5. The number of carbonyl (C=O) groups is 1. The zero-order valence-corrected chi connectivity index (χ0v) is 22.6. The molecular weight excluding hydrogens is 496 g/mol. The molecule has 2 aliphatic heterocycles. The molecule has 0 radical (unpaired) electrons. The number of methoxy groups -OCH3 is 1. The second-order valence-corrected chi connectivity index (χ2v) is 11.3. The van der Waals surface area contributed by atoms with Gasteiger partial charge < -0.3 is 19.1 Å². The predicted molar refractivity (Wildman–Crippen MR) is 138 cm³/mol. The van der Waals surface area contributed by atoms with Gasteiger partial charge in [-0.05, 0) is 48.7 Å². The van der Waals surface area contributed by atoms with Gasteiger partial charge in [-0.1, -0.05) is 6.07 Å². The van der Waals surface area contributed by atoms with E-state index in [0.717, 1.165) is 25.2 Å². The van der Waals surface area contributed by atoms with Crippen LogP contribution >= 0.6 is 0 Å². The molecule has 0 bridgehead atoms. The first-order chi connectivity index (χ1) is 17.8. The Balaban J connectivity index is 1.30. The number of rotatable bonds is 9. The Bertz CT molecular complexity index is 1150. The van der Waals surface area contributed by atoms with Crippen LogP contribution in [0.5, 0.6) is 5.75 Å². The highest BCUT2D eigenvalue weighted by atomic mass is 32.2. The van der Waals surface area contributed by atoms with Gasteiger partial charge in [0.1, 0.15) is 12.4 Å². The summed E-state index contributed by atoms with van der Waals surface area (Å²) in [6.45, 7) is 7.92. The zero-order chi connectivity index (χ0) is 26.4. The van der Waals surface area contributed by atoms with Crippen LogP contribution in [0.3, 0.4) is 0 Å². The number of aryl methyl sites for hydroxylation is 2. The van der Waals surface area contributed by atoms with Crippen molar-refractivity contribution in [2.75, 3.05) is 66.3 Å². The van der Waals surface area contributed by atoms with Crippen LogP contribution in [0.4, 0.5) is 0 Å². The number of sulfonamides is 1. The fraction of sp³-hybridized carbons (Fsp3) is 0.538. The Kier molecular flexibility index (Phi) is 9.14. The minimum atomic E-state index is -3.79. The summed E-state index contributed by atoms with van der Waals surface area (Å²) in [5.41, 5.74) is 2.40. The third-order valence-electron chi connectivity index (χ3n) is 6.80. The Morgan fingerprint density at radius 3 is 2.51 bits per heavy atom. The van der Waals surface area contributed by atoms with Crippen molar-refractivity contribution in [1.29, 1.82) is 0 Å². The summed E-state index contributed by atoms with van der Waals surface area (Å²) in [5.74, 6) is 0.529. The van der Waals surface area contributed by atoms with Crippen LogP contribution in [0.2, 0.25) is 0 Å². The summed E-state index contributed by atoms with van der Waals surface area (Å²) >= 11 is 0. The maximum Gasteiger partial charge on any atom is 0.248 e. The number of benzene rings is 1. The summed E-state index contributed by atoms with van der Waals surface area (Å²) in [4.78, 5) is 21.3. The maximum absolute atomic E-state index is 13.6. The molecule has 1 aromatic heterocycles. The second-order valence-electron chi connectivity index (χ2n) is 9.47. The van der Waals surface area contributed by atoms with Crippen molar-refractivity contribution in [3.63, 3.8) is 0 Å². The van der Waals surface area contributed by atoms with Crippen LogP contribution in [0.15, 0.2) is 41.6 Å². The molecule has 2 aromatic rings. The number of amides is 1. The topological polar surface area (TPSA) is 102 Å². The monoisotopic (exact) mass is 532 g/mol. The van der Waals surface area contributed by atoms with Gasteiger partial charge in [-0.2, -0.15) is 4.31 Å². The van der Waals surface area contributed by atoms with Crippen LogP contribution < -0.4 is 4.74 Å². The fourth-order valence-electron chi connectivity index (χ4n) is 4.92. The van der Waals surface area contributed by atoms with Crippen molar-refractivity contribution in [2.24, 2.45) is 0 Å². The average molecular weight is 533 g/mol. The Morgan fingerprint density at radius 2 is 1.86 bits per heavy atom. The highest BCUT2D eigenvalue weighted by Gasteiger charge is 2.36. The predicted octanol–water partition coefficient (Wildman–Crippen LogP) is 1.46. The normalized spacial score (nSPS) is 19.6. The van der Waals surface area contributed by atoms with E-state index < -0.39 is 16.1 Å². The number of morpholine rings is 1. The highest BCUT2D eigenvalue weighted by molar-refractivity contribution is 7.89. The molecule has 0 unspecified atom stereocenters. The molecule has 1 atom stereocenters. The zero-order valence-electron chi connectivity index (χ0n) is 21.8. The van der Waals surface area contributed by atoms with Gasteiger partial charge >= 0.3 is 0 Å². The lowest BCUT2D eigenvalue weighted by molar-refractivity contribution is -0.139. The smallest absolute Gasteiger partial charge is 0.248 e. The van der Waals surface area contributed by atoms with E-state index in [-0.39, 0.29) is 37.2 Å². The van der Waals surface area contributed by atoms with E-state index in [1.807, 2.05) is 18.3 Å². The molecule has 37 heavy (non-hydrogen) atoms. The Hall–Kier alpha value is -2.57. The van der Waals surface area contributed by atoms with Gasteiger partial charge in [0.2, 0.25) is 15.9 Å². The average Bonchev–Trinajstić information content (AvgIpc) is 2.89. The standard InChI is InChI=1S/C26H36N4O6S/c1-20-13-24(34-3)14-21(2)26(20)37(32,33)30-11-12-35-17-23(30)18-36-19-25(31)29-9-7-28(8-10-29)16-22-5-4-6-27-15-22/h4-6,13-15,23H,7-12,16-19H2,1-3H3/t23-/m0/s1. The lowest BCUT2D eigenvalue weighted by Crippen LogP contribution is -2.52. The van der Waals surface area contributed by atoms with Crippen molar-refractivity contribution < 1.29 is 27.4 Å². The van der Waals surface area contributed by atoms with Gasteiger partial charge in [0, 0.05) is 51.7 Å². The molecule has 1 amide bonds. The molecule has 1 aromatic carbocycles. The third-order valence-corrected chi connectivity index (χ3v) is 9.06. The summed E-state index contributed by atoms with van der Waals surface area (Å²) in [6, 6.07) is 6.91. The molecule has 0 aliphatic carbocycles. The fourth-order valence-corrected chi connectivity index (χ4v) is 6.91. The van der Waals surface area contributed by atoms with E-state index in [1.54, 1.807) is 44.2 Å². The van der Waals surface area contributed by atoms with Gasteiger partial charge in [-0.3, -0.25) is 14.7 Å². The Labute approximate surface area is 219 Å². The molecule has 10 nitrogen and oxygen atoms in total. The van der Waals surface area contributed by atoms with Gasteiger partial charge in [-0.25, -0.2) is 8.42 Å². The number of piperazine rings is 1. The first-order valence-corrected chi connectivity index (χ1v) is 13.9. The number of pyridine rings is 1. The van der Waals surface area contributed by atoms with Crippen LogP contribution in [-0.4, -0.2) is 106 Å². The minimum Gasteiger partial charge on any atom is -0.497 e. The van der Waals surface area contributed by atoms with Crippen molar-refractivity contribution in [3.05, 3.63) is 53.3 Å². The molecule has 3 heterocycles. The van der Waals surface area contributed by atoms with Gasteiger partial charge in [0.15, 0.2) is 0 Å². The summed E-state index contributed by atoms with van der Waals surface area (Å²) in [6.07, 6.45) is 3.62. The lowest BCUT2D eigenvalue weighted by atomic mass is 10.1. The summed E-state index contributed by atoms with van der Waals surface area (Å²) < 4.78 is 45.3. The summed E-state index contributed by atoms with van der Waals surface area (Å²) in [7, 11) is -2.23. The Morgan fingerprint density at radius 1 is 1.14 bits per heavy atom. The van der Waals surface area contributed by atoms with E-state index in [1.165, 1.54) is 4.31 Å². The van der Waals surface area contributed by atoms with Gasteiger partial charge in [-0.15, -0.1) is 0 Å². The highest BCUT2D eigenvalue weighted by Crippen LogP contribution is 2.30. The van der Waals surface area contributed by atoms with Crippen LogP contribution in [0, 0.1) is 13.8 Å². The van der Waals surface area contributed by atoms with Crippen molar-refractivity contribution in [3.8, 4) is 5.75 Å². The first kappa shape index (κ1) is 27.5. The van der Waals surface area contributed by atoms with Crippen molar-refractivity contribution >= 4 is 15.9 Å². The van der Waals surface area contributed by atoms with E-state index in [9.17, 15) is 13.2 Å². The second kappa shape index (κ2) is 12.3. The molecule has 0 N–H and O–H groups in total. The number of ether oxygens (including phenoxy) is 3.